The van der Waals surface area contributed by atoms with Crippen molar-refractivity contribution in [3.8, 4) is 11.5 Å². The first kappa shape index (κ1) is 21.5. The summed E-state index contributed by atoms with van der Waals surface area (Å²) < 4.78 is 10.6. The fourth-order valence-corrected chi connectivity index (χ4v) is 5.09. The third kappa shape index (κ3) is 4.20. The van der Waals surface area contributed by atoms with Gasteiger partial charge in [-0.3, -0.25) is 14.5 Å². The molecule has 3 fully saturated rings. The summed E-state index contributed by atoms with van der Waals surface area (Å²) in [5.74, 6) is 1.29. The molecule has 1 aliphatic carbocycles. The largest absolute Gasteiger partial charge is 0.493 e. The van der Waals surface area contributed by atoms with E-state index in [1.54, 1.807) is 14.2 Å². The molecule has 2 aliphatic heterocycles. The molecule has 1 aromatic rings. The Morgan fingerprint density at radius 3 is 2.52 bits per heavy atom. The molecule has 2 heterocycles. The van der Waals surface area contributed by atoms with Gasteiger partial charge in [-0.2, -0.15) is 0 Å². The highest BCUT2D eigenvalue weighted by Gasteiger charge is 2.52. The zero-order valence-electron chi connectivity index (χ0n) is 18.3. The molecule has 31 heavy (non-hydrogen) atoms. The van der Waals surface area contributed by atoms with Crippen LogP contribution in [0, 0.1) is 5.92 Å². The number of hydrogen-bond donors (Lipinski definition) is 1. The van der Waals surface area contributed by atoms with Gasteiger partial charge in [0.1, 0.15) is 5.54 Å². The van der Waals surface area contributed by atoms with Crippen LogP contribution in [0.1, 0.15) is 44.1 Å². The molecule has 1 atom stereocenters. The second-order valence-electron chi connectivity index (χ2n) is 8.84. The zero-order valence-corrected chi connectivity index (χ0v) is 18.3. The normalized spacial score (nSPS) is 22.9. The molecule has 0 bridgehead atoms. The van der Waals surface area contributed by atoms with E-state index in [4.69, 9.17) is 9.47 Å². The number of nitrogens with zero attached hydrogens (tertiary/aromatic N) is 2. The van der Waals surface area contributed by atoms with Gasteiger partial charge in [-0.25, -0.2) is 4.79 Å². The smallest absolute Gasteiger partial charge is 0.325 e. The first-order valence-electron chi connectivity index (χ1n) is 11.1. The number of likely N-dealkylation sites (tertiary alicyclic amines) is 1. The number of nitrogens with one attached hydrogen (secondary N) is 1. The number of imide groups is 1. The Hall–Kier alpha value is -2.77. The van der Waals surface area contributed by atoms with Crippen molar-refractivity contribution in [2.75, 3.05) is 33.9 Å². The van der Waals surface area contributed by atoms with Crippen molar-refractivity contribution in [3.63, 3.8) is 0 Å². The van der Waals surface area contributed by atoms with E-state index in [9.17, 15) is 14.4 Å². The zero-order chi connectivity index (χ0) is 22.0. The quantitative estimate of drug-likeness (QED) is 0.672. The monoisotopic (exact) mass is 429 g/mol. The molecule has 1 saturated carbocycles. The SMILES string of the molecule is COc1ccc(CCN2CC(CN3C(=O)NC4(CCCCC4)C3=O)CC2=O)cc1OC. The van der Waals surface area contributed by atoms with E-state index < -0.39 is 5.54 Å². The van der Waals surface area contributed by atoms with Crippen LogP contribution in [0.15, 0.2) is 18.2 Å². The molecule has 0 radical (unpaired) electrons. The highest BCUT2D eigenvalue weighted by Crippen LogP contribution is 2.34. The molecule has 3 aliphatic rings. The molecule has 1 N–H and O–H groups in total. The Kier molecular flexibility index (Phi) is 6.07. The Morgan fingerprint density at radius 2 is 1.81 bits per heavy atom. The van der Waals surface area contributed by atoms with Crippen molar-refractivity contribution in [1.29, 1.82) is 0 Å². The number of hydrogen-bond acceptors (Lipinski definition) is 5. The maximum atomic E-state index is 13.0. The van der Waals surface area contributed by atoms with Crippen molar-refractivity contribution in [2.45, 2.75) is 50.5 Å². The number of methoxy groups -OCH3 is 2. The molecule has 8 nitrogen and oxygen atoms in total. The van der Waals surface area contributed by atoms with E-state index >= 15 is 0 Å². The van der Waals surface area contributed by atoms with Gasteiger partial charge in [0.15, 0.2) is 11.5 Å². The fourth-order valence-electron chi connectivity index (χ4n) is 5.09. The van der Waals surface area contributed by atoms with Crippen molar-refractivity contribution in [1.82, 2.24) is 15.1 Å². The topological polar surface area (TPSA) is 88.2 Å². The lowest BCUT2D eigenvalue weighted by molar-refractivity contribution is -0.133. The summed E-state index contributed by atoms with van der Waals surface area (Å²) >= 11 is 0. The minimum Gasteiger partial charge on any atom is -0.493 e. The van der Waals surface area contributed by atoms with Crippen molar-refractivity contribution < 1.29 is 23.9 Å². The number of benzene rings is 1. The van der Waals surface area contributed by atoms with E-state index in [2.05, 4.69) is 5.32 Å². The standard InChI is InChI=1S/C23H31N3O5/c1-30-18-7-6-16(12-19(18)31-2)8-11-25-14-17(13-20(25)27)15-26-21(28)23(24-22(26)29)9-4-3-5-10-23/h6-7,12,17H,3-5,8-11,13-15H2,1-2H3,(H,24,29). The first-order valence-corrected chi connectivity index (χ1v) is 11.1. The Labute approximate surface area is 182 Å². The van der Waals surface area contributed by atoms with Crippen LogP contribution < -0.4 is 14.8 Å². The maximum Gasteiger partial charge on any atom is 0.325 e. The molecule has 1 spiro atoms. The van der Waals surface area contributed by atoms with Gasteiger partial charge in [-0.1, -0.05) is 25.3 Å². The number of carbonyl (C=O) groups excluding carboxylic acids is 3. The third-order valence-electron chi connectivity index (χ3n) is 6.81. The van der Waals surface area contributed by atoms with Gasteiger partial charge in [0.05, 0.1) is 14.2 Å². The average molecular weight is 430 g/mol. The van der Waals surface area contributed by atoms with Gasteiger partial charge in [-0.15, -0.1) is 0 Å². The third-order valence-corrected chi connectivity index (χ3v) is 6.81. The predicted octanol–water partition coefficient (Wildman–Crippen LogP) is 2.35. The number of amides is 4. The molecule has 4 amide bonds. The van der Waals surface area contributed by atoms with Crippen LogP contribution in [0.3, 0.4) is 0 Å². The molecule has 2 saturated heterocycles. The van der Waals surface area contributed by atoms with Crippen molar-refractivity contribution in [3.05, 3.63) is 23.8 Å². The molecule has 8 heteroatoms. The van der Waals surface area contributed by atoms with E-state index in [-0.39, 0.29) is 23.8 Å². The van der Waals surface area contributed by atoms with E-state index in [1.165, 1.54) is 4.90 Å². The lowest BCUT2D eigenvalue weighted by atomic mass is 9.81. The van der Waals surface area contributed by atoms with Crippen LogP contribution in [0.25, 0.3) is 0 Å². The van der Waals surface area contributed by atoms with Crippen LogP contribution in [0.2, 0.25) is 0 Å². The molecule has 4 rings (SSSR count). The molecule has 168 valence electrons. The van der Waals surface area contributed by atoms with Crippen LogP contribution in [-0.2, 0) is 16.0 Å². The number of ether oxygens (including phenoxy) is 2. The van der Waals surface area contributed by atoms with Crippen LogP contribution in [0.5, 0.6) is 11.5 Å². The van der Waals surface area contributed by atoms with E-state index in [0.29, 0.717) is 44.0 Å². The van der Waals surface area contributed by atoms with Gasteiger partial charge in [-0.05, 0) is 37.0 Å². The van der Waals surface area contributed by atoms with Crippen LogP contribution in [0.4, 0.5) is 4.79 Å². The van der Waals surface area contributed by atoms with Gasteiger partial charge >= 0.3 is 6.03 Å². The minimum atomic E-state index is -0.703. The lowest BCUT2D eigenvalue weighted by Crippen LogP contribution is -2.48. The van der Waals surface area contributed by atoms with Crippen molar-refractivity contribution >= 4 is 17.8 Å². The Bertz CT molecular complexity index is 865. The maximum absolute atomic E-state index is 13.0. The summed E-state index contributed by atoms with van der Waals surface area (Å²) in [6.07, 6.45) is 5.54. The highest BCUT2D eigenvalue weighted by atomic mass is 16.5. The number of carbonyl (C=O) groups is 3. The van der Waals surface area contributed by atoms with Gasteiger partial charge in [0, 0.05) is 32.0 Å². The summed E-state index contributed by atoms with van der Waals surface area (Å²) in [5.41, 5.74) is 0.354. The molecular weight excluding hydrogens is 398 g/mol. The van der Waals surface area contributed by atoms with Crippen LogP contribution >= 0.6 is 0 Å². The van der Waals surface area contributed by atoms with Gasteiger partial charge < -0.3 is 19.7 Å². The molecule has 0 aromatic heterocycles. The average Bonchev–Trinajstić information content (AvgIpc) is 3.24. The summed E-state index contributed by atoms with van der Waals surface area (Å²) in [4.78, 5) is 41.2. The second-order valence-corrected chi connectivity index (χ2v) is 8.84. The Balaban J connectivity index is 1.33. The summed E-state index contributed by atoms with van der Waals surface area (Å²) in [6.45, 7) is 1.47. The van der Waals surface area contributed by atoms with E-state index in [1.807, 2.05) is 23.1 Å². The van der Waals surface area contributed by atoms with Crippen LogP contribution in [-0.4, -0.2) is 67.0 Å². The van der Waals surface area contributed by atoms with Crippen molar-refractivity contribution in [2.24, 2.45) is 5.92 Å². The molecule has 1 unspecified atom stereocenters. The molecule has 1 aromatic carbocycles. The number of rotatable bonds is 7. The summed E-state index contributed by atoms with van der Waals surface area (Å²) in [7, 11) is 3.20. The minimum absolute atomic E-state index is 0.0219. The van der Waals surface area contributed by atoms with Gasteiger partial charge in [0.25, 0.3) is 5.91 Å². The summed E-state index contributed by atoms with van der Waals surface area (Å²) in [5, 5.41) is 2.95. The summed E-state index contributed by atoms with van der Waals surface area (Å²) in [6, 6.07) is 5.45. The first-order chi connectivity index (χ1) is 15.0. The molecular formula is C23H31N3O5. The Morgan fingerprint density at radius 1 is 1.06 bits per heavy atom. The fraction of sp³-hybridized carbons (Fsp3) is 0.609. The lowest BCUT2D eigenvalue weighted by Gasteiger charge is -2.30. The number of urea groups is 1. The van der Waals surface area contributed by atoms with Gasteiger partial charge in [0.2, 0.25) is 5.91 Å². The second kappa shape index (κ2) is 8.77. The predicted molar refractivity (Wildman–Crippen MR) is 114 cm³/mol. The highest BCUT2D eigenvalue weighted by molar-refractivity contribution is 6.07. The van der Waals surface area contributed by atoms with E-state index in [0.717, 1.165) is 37.7 Å².